The van der Waals surface area contributed by atoms with E-state index in [0.29, 0.717) is 6.42 Å². The predicted molar refractivity (Wildman–Crippen MR) is 185 cm³/mol. The first kappa shape index (κ1) is 37.0. The minimum absolute atomic E-state index is 0.0839. The highest BCUT2D eigenvalue weighted by atomic mass is 19.3. The van der Waals surface area contributed by atoms with Crippen LogP contribution in [0.2, 0.25) is 0 Å². The average Bonchev–Trinajstić information content (AvgIpc) is 3.37. The number of fused-ring (bicyclic) bond motifs is 3. The molecule has 0 unspecified atom stereocenters. The fourth-order valence-corrected chi connectivity index (χ4v) is 7.33. The van der Waals surface area contributed by atoms with E-state index in [2.05, 4.69) is 12.1 Å². The second-order valence-electron chi connectivity index (χ2n) is 14.8. The van der Waals surface area contributed by atoms with E-state index in [1.165, 1.54) is 28.8 Å². The van der Waals surface area contributed by atoms with Crippen molar-refractivity contribution in [1.82, 2.24) is 14.7 Å². The largest absolute Gasteiger partial charge is 0.459 e. The van der Waals surface area contributed by atoms with Crippen LogP contribution in [0.5, 0.6) is 0 Å². The molecule has 2 atom stereocenters. The molecule has 1 fully saturated rings. The van der Waals surface area contributed by atoms with Gasteiger partial charge >= 0.3 is 12.1 Å². The Labute approximate surface area is 293 Å². The Morgan fingerprint density at radius 2 is 1.56 bits per heavy atom. The second-order valence-corrected chi connectivity index (χ2v) is 14.8. The van der Waals surface area contributed by atoms with Crippen LogP contribution in [-0.4, -0.2) is 96.0 Å². The van der Waals surface area contributed by atoms with E-state index in [0.717, 1.165) is 22.3 Å². The Balaban J connectivity index is 1.34. The average molecular weight is 694 g/mol. The van der Waals surface area contributed by atoms with Gasteiger partial charge in [0.2, 0.25) is 17.7 Å². The first-order valence-electron chi connectivity index (χ1n) is 17.5. The number of halogens is 2. The van der Waals surface area contributed by atoms with Crippen LogP contribution in [0.4, 0.5) is 13.6 Å². The van der Waals surface area contributed by atoms with Gasteiger partial charge in [-0.2, -0.15) is 0 Å². The van der Waals surface area contributed by atoms with E-state index >= 15 is 0 Å². The zero-order valence-corrected chi connectivity index (χ0v) is 29.7. The number of hydrogen-bond donors (Lipinski definition) is 0. The summed E-state index contributed by atoms with van der Waals surface area (Å²) < 4.78 is 39.4. The van der Waals surface area contributed by atoms with Gasteiger partial charge in [0.15, 0.2) is 0 Å². The molecule has 1 saturated carbocycles. The maximum Gasteiger partial charge on any atom is 0.410 e. The summed E-state index contributed by atoms with van der Waals surface area (Å²) in [4.78, 5) is 58.8. The van der Waals surface area contributed by atoms with Crippen molar-refractivity contribution in [2.24, 2.45) is 5.92 Å². The van der Waals surface area contributed by atoms with Crippen LogP contribution in [0, 0.1) is 5.92 Å². The highest BCUT2D eigenvalue weighted by molar-refractivity contribution is 5.92. The van der Waals surface area contributed by atoms with Crippen molar-refractivity contribution in [3.8, 4) is 11.1 Å². The molecule has 3 aliphatic rings. The molecule has 5 rings (SSSR count). The zero-order valence-electron chi connectivity index (χ0n) is 29.7. The molecule has 0 N–H and O–H groups in total. The molecule has 2 aromatic rings. The molecule has 0 spiro atoms. The van der Waals surface area contributed by atoms with Crippen LogP contribution >= 0.6 is 0 Å². The minimum Gasteiger partial charge on any atom is -0.459 e. The van der Waals surface area contributed by atoms with E-state index in [-0.39, 0.29) is 70.1 Å². The van der Waals surface area contributed by atoms with Gasteiger partial charge in [-0.15, -0.1) is 0 Å². The fraction of sp³-hybridized carbons (Fsp3) is 0.538. The van der Waals surface area contributed by atoms with Crippen LogP contribution in [0.25, 0.3) is 11.1 Å². The van der Waals surface area contributed by atoms with Crippen molar-refractivity contribution in [3.63, 3.8) is 0 Å². The van der Waals surface area contributed by atoms with Crippen LogP contribution < -0.4 is 0 Å². The molecule has 0 radical (unpaired) electrons. The maximum absolute atomic E-state index is 14.4. The van der Waals surface area contributed by atoms with Gasteiger partial charge in [0, 0.05) is 39.4 Å². The number of hydrogen-bond acceptors (Lipinski definition) is 6. The SMILES string of the molecule is CN(CC(=O)OC(C)(C)C)C(=O)[C@H](CC1CCC(F)(F)CC1)N1CC/C=C\C[C@H](N(C)C(=O)OCC2c3ccccc3-c3ccccc32)C1=O. The monoisotopic (exact) mass is 693 g/mol. The van der Waals surface area contributed by atoms with Crippen LogP contribution in [0.1, 0.15) is 82.8 Å². The maximum atomic E-state index is 14.4. The lowest BCUT2D eigenvalue weighted by atomic mass is 9.82. The molecular formula is C39H49F2N3O6. The number of carbonyl (C=O) groups excluding carboxylic acids is 4. The Morgan fingerprint density at radius 1 is 0.960 bits per heavy atom. The second kappa shape index (κ2) is 15.3. The Kier molecular flexibility index (Phi) is 11.3. The topological polar surface area (TPSA) is 96.5 Å². The molecule has 2 aromatic carbocycles. The van der Waals surface area contributed by atoms with Crippen LogP contribution in [0.3, 0.4) is 0 Å². The van der Waals surface area contributed by atoms with Crippen molar-refractivity contribution in [2.45, 2.75) is 95.2 Å². The van der Waals surface area contributed by atoms with Crippen LogP contribution in [0.15, 0.2) is 60.7 Å². The van der Waals surface area contributed by atoms with Crippen molar-refractivity contribution in [2.75, 3.05) is 33.8 Å². The van der Waals surface area contributed by atoms with Gasteiger partial charge in [0.05, 0.1) is 0 Å². The number of benzene rings is 2. The van der Waals surface area contributed by atoms with Crippen molar-refractivity contribution in [3.05, 3.63) is 71.8 Å². The lowest BCUT2D eigenvalue weighted by Crippen LogP contribution is -2.57. The summed E-state index contributed by atoms with van der Waals surface area (Å²) in [5.74, 6) is -4.63. The fourth-order valence-electron chi connectivity index (χ4n) is 7.33. The quantitative estimate of drug-likeness (QED) is 0.212. The number of esters is 1. The summed E-state index contributed by atoms with van der Waals surface area (Å²) in [5.41, 5.74) is 3.58. The summed E-state index contributed by atoms with van der Waals surface area (Å²) in [6, 6.07) is 14.1. The van der Waals surface area contributed by atoms with Gasteiger partial charge in [0.1, 0.15) is 30.8 Å². The minimum atomic E-state index is -2.75. The van der Waals surface area contributed by atoms with Gasteiger partial charge < -0.3 is 19.3 Å². The van der Waals surface area contributed by atoms with Crippen LogP contribution in [-0.2, 0) is 23.9 Å². The van der Waals surface area contributed by atoms with E-state index < -0.39 is 47.5 Å². The van der Waals surface area contributed by atoms with Gasteiger partial charge in [0.25, 0.3) is 0 Å². The van der Waals surface area contributed by atoms with Crippen molar-refractivity contribution in [1.29, 1.82) is 0 Å². The van der Waals surface area contributed by atoms with E-state index in [1.807, 2.05) is 48.6 Å². The summed E-state index contributed by atoms with van der Waals surface area (Å²) in [5, 5.41) is 0. The molecule has 2 aliphatic carbocycles. The summed E-state index contributed by atoms with van der Waals surface area (Å²) in [6.07, 6.45) is 3.81. The summed E-state index contributed by atoms with van der Waals surface area (Å²) >= 11 is 0. The molecule has 9 nitrogen and oxygen atoms in total. The molecule has 1 heterocycles. The molecule has 1 aliphatic heterocycles. The predicted octanol–water partition coefficient (Wildman–Crippen LogP) is 6.80. The molecule has 0 bridgehead atoms. The molecular weight excluding hydrogens is 644 g/mol. The molecule has 0 aromatic heterocycles. The number of ether oxygens (including phenoxy) is 2. The molecule has 0 saturated heterocycles. The normalized spacial score (nSPS) is 20.5. The number of alkyl halides is 2. The summed E-state index contributed by atoms with van der Waals surface area (Å²) in [7, 11) is 2.99. The lowest BCUT2D eigenvalue weighted by Gasteiger charge is -2.40. The Hall–Kier alpha value is -4.28. The first-order valence-corrected chi connectivity index (χ1v) is 17.5. The zero-order chi connectivity index (χ0) is 36.2. The number of amides is 3. The highest BCUT2D eigenvalue weighted by Crippen LogP contribution is 2.44. The van der Waals surface area contributed by atoms with E-state index in [1.54, 1.807) is 20.8 Å². The number of rotatable bonds is 9. The summed E-state index contributed by atoms with van der Waals surface area (Å²) in [6.45, 7) is 5.13. The standard InChI is InChI=1S/C39H49F2N3O6/c1-38(2,3)50-34(45)24-42(4)35(46)33(23-26-18-20-39(40,41)21-19-26)44-22-12-6-7-17-32(36(44)47)43(5)37(48)49-25-31-29-15-10-8-13-27(29)28-14-9-11-16-30(28)31/h6-11,13-16,26,31-33H,12,17-25H2,1-5H3/b7-6-/t32-,33-/m0/s1. The first-order chi connectivity index (χ1) is 23.6. The van der Waals surface area contributed by atoms with Gasteiger partial charge in [-0.05, 0) is 81.0 Å². The smallest absolute Gasteiger partial charge is 0.410 e. The highest BCUT2D eigenvalue weighted by Gasteiger charge is 2.42. The molecule has 50 heavy (non-hydrogen) atoms. The third-order valence-corrected chi connectivity index (χ3v) is 9.94. The molecule has 270 valence electrons. The Morgan fingerprint density at radius 3 is 2.16 bits per heavy atom. The third-order valence-electron chi connectivity index (χ3n) is 9.94. The third kappa shape index (κ3) is 8.71. The van der Waals surface area contributed by atoms with E-state index in [9.17, 15) is 28.0 Å². The lowest BCUT2D eigenvalue weighted by molar-refractivity contribution is -0.160. The van der Waals surface area contributed by atoms with Gasteiger partial charge in [-0.3, -0.25) is 19.3 Å². The van der Waals surface area contributed by atoms with Crippen molar-refractivity contribution >= 4 is 23.9 Å². The molecule has 11 heteroatoms. The number of nitrogens with zero attached hydrogens (tertiary/aromatic N) is 3. The Bertz CT molecular complexity index is 1550. The van der Waals surface area contributed by atoms with Gasteiger partial charge in [-0.25, -0.2) is 13.6 Å². The number of carbonyl (C=O) groups is 4. The van der Waals surface area contributed by atoms with Crippen molar-refractivity contribution < 1.29 is 37.4 Å². The molecule has 3 amide bonds. The van der Waals surface area contributed by atoms with E-state index in [4.69, 9.17) is 9.47 Å². The number of likely N-dealkylation sites (N-methyl/N-ethyl adjacent to an activating group) is 2. The van der Waals surface area contributed by atoms with Gasteiger partial charge in [-0.1, -0.05) is 60.7 Å².